The number of rotatable bonds is 4. The van der Waals surface area contributed by atoms with E-state index in [9.17, 15) is 0 Å². The van der Waals surface area contributed by atoms with Gasteiger partial charge in [0.25, 0.3) is 0 Å². The highest BCUT2D eigenvalue weighted by molar-refractivity contribution is 4.98. The summed E-state index contributed by atoms with van der Waals surface area (Å²) in [6, 6.07) is 0.602. The molecule has 0 aromatic heterocycles. The minimum absolute atomic E-state index is 0.565. The molecule has 1 N–H and O–H groups in total. The van der Waals surface area contributed by atoms with E-state index in [-0.39, 0.29) is 0 Å². The van der Waals surface area contributed by atoms with Gasteiger partial charge in [0.1, 0.15) is 0 Å². The number of nitrogens with one attached hydrogen (secondary N) is 1. The van der Waals surface area contributed by atoms with Crippen LogP contribution in [0, 0.1) is 17.8 Å². The molecular weight excluding hydrogens is 158 g/mol. The number of hydrogen-bond acceptors (Lipinski definition) is 1. The Balaban J connectivity index is 2.62. The van der Waals surface area contributed by atoms with Crippen LogP contribution < -0.4 is 5.32 Å². The van der Waals surface area contributed by atoms with E-state index in [1.165, 1.54) is 6.42 Å². The average Bonchev–Trinajstić information content (AvgIpc) is 2.63. The van der Waals surface area contributed by atoms with Gasteiger partial charge in [-0.1, -0.05) is 26.0 Å². The van der Waals surface area contributed by atoms with E-state index in [4.69, 9.17) is 0 Å². The molecule has 0 bridgehead atoms. The van der Waals surface area contributed by atoms with Crippen LogP contribution in [0.1, 0.15) is 20.3 Å². The summed E-state index contributed by atoms with van der Waals surface area (Å²) in [5, 5.41) is 3.55. The molecule has 0 aromatic carbocycles. The Hall–Kier alpha value is -0.560. The fourth-order valence-electron chi connectivity index (χ4n) is 2.23. The Morgan fingerprint density at radius 3 is 2.38 bits per heavy atom. The predicted molar refractivity (Wildman–Crippen MR) is 58.6 cm³/mol. The average molecular weight is 179 g/mol. The largest absolute Gasteiger partial charge is 0.313 e. The lowest BCUT2D eigenvalue weighted by atomic mass is 9.82. The van der Waals surface area contributed by atoms with E-state index in [0.717, 1.165) is 12.5 Å². The van der Waals surface area contributed by atoms with E-state index in [0.29, 0.717) is 17.9 Å². The summed E-state index contributed by atoms with van der Waals surface area (Å²) >= 11 is 0. The number of hydrogen-bond donors (Lipinski definition) is 1. The topological polar surface area (TPSA) is 12.0 Å². The summed E-state index contributed by atoms with van der Waals surface area (Å²) in [6.07, 6.45) is 5.39. The normalized spacial score (nSPS) is 32.5. The fraction of sp³-hybridized carbons (Fsp3) is 0.667. The van der Waals surface area contributed by atoms with E-state index in [1.54, 1.807) is 0 Å². The molecule has 1 rings (SSSR count). The van der Waals surface area contributed by atoms with Crippen molar-refractivity contribution >= 4 is 0 Å². The molecule has 1 aliphatic heterocycles. The Kier molecular flexibility index (Phi) is 3.73. The fourth-order valence-corrected chi connectivity index (χ4v) is 2.23. The second-order valence-electron chi connectivity index (χ2n) is 4.12. The standard InChI is InChI=1S/C12H21N/c1-5-9(3)11-7-8-13-12(11)10(4)6-2/h5-6,9-13H,1-2,7-8H2,3-4H3. The molecule has 4 atom stereocenters. The van der Waals surface area contributed by atoms with Crippen molar-refractivity contribution < 1.29 is 0 Å². The molecule has 1 heteroatoms. The van der Waals surface area contributed by atoms with Crippen LogP contribution >= 0.6 is 0 Å². The summed E-state index contributed by atoms with van der Waals surface area (Å²) in [7, 11) is 0. The third-order valence-electron chi connectivity index (χ3n) is 3.30. The monoisotopic (exact) mass is 179 g/mol. The smallest absolute Gasteiger partial charge is 0.0161 e. The van der Waals surface area contributed by atoms with Crippen molar-refractivity contribution in [3.8, 4) is 0 Å². The zero-order chi connectivity index (χ0) is 9.84. The van der Waals surface area contributed by atoms with Crippen molar-refractivity contribution in [2.75, 3.05) is 6.54 Å². The second-order valence-corrected chi connectivity index (χ2v) is 4.12. The van der Waals surface area contributed by atoms with E-state index in [1.807, 2.05) is 6.08 Å². The van der Waals surface area contributed by atoms with Crippen LogP contribution in [-0.4, -0.2) is 12.6 Å². The molecule has 1 nitrogen and oxygen atoms in total. The van der Waals surface area contributed by atoms with Crippen LogP contribution in [0.25, 0.3) is 0 Å². The summed E-state index contributed by atoms with van der Waals surface area (Å²) in [6.45, 7) is 13.4. The molecule has 1 saturated heterocycles. The first kappa shape index (κ1) is 10.5. The highest BCUT2D eigenvalue weighted by Gasteiger charge is 2.32. The molecule has 0 radical (unpaired) electrons. The lowest BCUT2D eigenvalue weighted by molar-refractivity contribution is 0.322. The highest BCUT2D eigenvalue weighted by Crippen LogP contribution is 2.29. The molecule has 1 aliphatic rings. The summed E-state index contributed by atoms with van der Waals surface area (Å²) in [4.78, 5) is 0. The molecule has 0 spiro atoms. The maximum absolute atomic E-state index is 3.87. The van der Waals surface area contributed by atoms with Gasteiger partial charge in [-0.15, -0.1) is 13.2 Å². The summed E-state index contributed by atoms with van der Waals surface area (Å²) < 4.78 is 0. The van der Waals surface area contributed by atoms with Gasteiger partial charge in [-0.3, -0.25) is 0 Å². The van der Waals surface area contributed by atoms with E-state index in [2.05, 4.69) is 38.4 Å². The molecule has 0 aromatic rings. The predicted octanol–water partition coefficient (Wildman–Crippen LogP) is 2.61. The van der Waals surface area contributed by atoms with Crippen molar-refractivity contribution in [3.05, 3.63) is 25.3 Å². The van der Waals surface area contributed by atoms with Crippen molar-refractivity contribution in [1.82, 2.24) is 5.32 Å². The summed E-state index contributed by atoms with van der Waals surface area (Å²) in [5.74, 6) is 1.92. The van der Waals surface area contributed by atoms with Gasteiger partial charge in [-0.2, -0.15) is 0 Å². The molecule has 1 heterocycles. The number of allylic oxidation sites excluding steroid dienone is 1. The van der Waals surface area contributed by atoms with E-state index >= 15 is 0 Å². The third-order valence-corrected chi connectivity index (χ3v) is 3.30. The SMILES string of the molecule is C=CC(C)C1CCNC1C(C)C=C. The minimum Gasteiger partial charge on any atom is -0.313 e. The van der Waals surface area contributed by atoms with Gasteiger partial charge in [0.05, 0.1) is 0 Å². The van der Waals surface area contributed by atoms with Crippen LogP contribution in [0.4, 0.5) is 0 Å². The molecule has 0 saturated carbocycles. The zero-order valence-corrected chi connectivity index (χ0v) is 8.79. The van der Waals surface area contributed by atoms with Crippen LogP contribution in [0.2, 0.25) is 0 Å². The Bertz CT molecular complexity index is 166. The zero-order valence-electron chi connectivity index (χ0n) is 8.79. The lowest BCUT2D eigenvalue weighted by Crippen LogP contribution is -2.35. The first-order valence-corrected chi connectivity index (χ1v) is 5.19. The van der Waals surface area contributed by atoms with Gasteiger partial charge in [0.2, 0.25) is 0 Å². The van der Waals surface area contributed by atoms with Gasteiger partial charge in [0, 0.05) is 6.04 Å². The van der Waals surface area contributed by atoms with Crippen LogP contribution in [-0.2, 0) is 0 Å². The van der Waals surface area contributed by atoms with Gasteiger partial charge >= 0.3 is 0 Å². The van der Waals surface area contributed by atoms with Crippen molar-refractivity contribution in [3.63, 3.8) is 0 Å². The molecule has 13 heavy (non-hydrogen) atoms. The van der Waals surface area contributed by atoms with Crippen molar-refractivity contribution in [2.45, 2.75) is 26.3 Å². The molecule has 4 unspecified atom stereocenters. The quantitative estimate of drug-likeness (QED) is 0.654. The maximum atomic E-state index is 3.87. The van der Waals surface area contributed by atoms with Crippen LogP contribution in [0.3, 0.4) is 0 Å². The van der Waals surface area contributed by atoms with Crippen LogP contribution in [0.5, 0.6) is 0 Å². The first-order valence-electron chi connectivity index (χ1n) is 5.19. The van der Waals surface area contributed by atoms with Crippen molar-refractivity contribution in [1.29, 1.82) is 0 Å². The second kappa shape index (κ2) is 4.61. The Morgan fingerprint density at radius 2 is 1.85 bits per heavy atom. The molecule has 0 aliphatic carbocycles. The third kappa shape index (κ3) is 2.22. The minimum atomic E-state index is 0.565. The summed E-state index contributed by atoms with van der Waals surface area (Å²) in [5.41, 5.74) is 0. The van der Waals surface area contributed by atoms with Crippen LogP contribution in [0.15, 0.2) is 25.3 Å². The molecule has 1 fully saturated rings. The first-order chi connectivity index (χ1) is 6.20. The van der Waals surface area contributed by atoms with Gasteiger partial charge < -0.3 is 5.32 Å². The molecule has 74 valence electrons. The van der Waals surface area contributed by atoms with Crippen molar-refractivity contribution in [2.24, 2.45) is 17.8 Å². The molecule has 0 amide bonds. The lowest BCUT2D eigenvalue weighted by Gasteiger charge is -2.26. The molecular formula is C12H21N. The Labute approximate surface area is 81.9 Å². The van der Waals surface area contributed by atoms with Gasteiger partial charge in [-0.25, -0.2) is 0 Å². The highest BCUT2D eigenvalue weighted by atomic mass is 15.0. The maximum Gasteiger partial charge on any atom is 0.0161 e. The van der Waals surface area contributed by atoms with E-state index < -0.39 is 0 Å². The Morgan fingerprint density at radius 1 is 1.23 bits per heavy atom. The van der Waals surface area contributed by atoms with Gasteiger partial charge in [-0.05, 0) is 30.7 Å². The van der Waals surface area contributed by atoms with Gasteiger partial charge in [0.15, 0.2) is 0 Å².